The van der Waals surface area contributed by atoms with Crippen LogP contribution in [-0.2, 0) is 0 Å². The fraction of sp³-hybridized carbons (Fsp3) is 0.429. The zero-order chi connectivity index (χ0) is 13.5. The van der Waals surface area contributed by atoms with Gasteiger partial charge >= 0.3 is 0 Å². The summed E-state index contributed by atoms with van der Waals surface area (Å²) in [6.07, 6.45) is 0.352. The summed E-state index contributed by atoms with van der Waals surface area (Å²) in [7, 11) is 1.72. The molecule has 0 atom stereocenters. The van der Waals surface area contributed by atoms with Gasteiger partial charge in [0.15, 0.2) is 0 Å². The summed E-state index contributed by atoms with van der Waals surface area (Å²) in [5.41, 5.74) is 2.62. The maximum Gasteiger partial charge on any atom is 0.255 e. The molecule has 0 saturated carbocycles. The summed E-state index contributed by atoms with van der Waals surface area (Å²) in [6, 6.07) is 7.77. The van der Waals surface area contributed by atoms with E-state index in [-0.39, 0.29) is 5.91 Å². The summed E-state index contributed by atoms with van der Waals surface area (Å²) < 4.78 is 0. The Bertz CT molecular complexity index is 463. The van der Waals surface area contributed by atoms with E-state index in [1.807, 2.05) is 38.1 Å². The van der Waals surface area contributed by atoms with Crippen LogP contribution in [0.15, 0.2) is 18.2 Å². The molecule has 0 aliphatic rings. The summed E-state index contributed by atoms with van der Waals surface area (Å²) in [5, 5.41) is 11.7. The average molecular weight is 245 g/mol. The number of nitriles is 1. The molecule has 1 aromatic rings. The first-order chi connectivity index (χ1) is 8.60. The number of carbonyl (C=O) groups is 1. The molecule has 0 spiro atoms. The van der Waals surface area contributed by atoms with Crippen molar-refractivity contribution < 1.29 is 4.79 Å². The molecule has 96 valence electrons. The number of nitrogens with one attached hydrogen (secondary N) is 1. The van der Waals surface area contributed by atoms with Crippen molar-refractivity contribution in [1.29, 1.82) is 5.26 Å². The van der Waals surface area contributed by atoms with E-state index in [2.05, 4.69) is 5.32 Å². The van der Waals surface area contributed by atoms with Crippen molar-refractivity contribution in [2.45, 2.75) is 20.3 Å². The van der Waals surface area contributed by atoms with Gasteiger partial charge in [-0.15, -0.1) is 0 Å². The number of amides is 1. The molecule has 0 fully saturated rings. The molecule has 1 amide bonds. The molecular formula is C14H19N3O. The minimum Gasteiger partial charge on any atom is -0.385 e. The summed E-state index contributed by atoms with van der Waals surface area (Å²) >= 11 is 0. The number of hydrogen-bond donors (Lipinski definition) is 1. The number of hydrogen-bond acceptors (Lipinski definition) is 3. The first kappa shape index (κ1) is 14.0. The third kappa shape index (κ3) is 3.49. The third-order valence-corrected chi connectivity index (χ3v) is 2.68. The van der Waals surface area contributed by atoms with E-state index in [1.54, 1.807) is 11.9 Å². The van der Waals surface area contributed by atoms with E-state index in [4.69, 9.17) is 5.26 Å². The van der Waals surface area contributed by atoms with Gasteiger partial charge in [0.05, 0.1) is 18.1 Å². The summed E-state index contributed by atoms with van der Waals surface area (Å²) in [6.45, 7) is 5.21. The Balaban J connectivity index is 2.94. The fourth-order valence-corrected chi connectivity index (χ4v) is 1.71. The third-order valence-electron chi connectivity index (χ3n) is 2.68. The zero-order valence-corrected chi connectivity index (χ0v) is 11.2. The first-order valence-electron chi connectivity index (χ1n) is 6.07. The quantitative estimate of drug-likeness (QED) is 0.866. The van der Waals surface area contributed by atoms with E-state index < -0.39 is 0 Å². The van der Waals surface area contributed by atoms with Crippen LogP contribution < -0.4 is 5.32 Å². The van der Waals surface area contributed by atoms with Crippen molar-refractivity contribution in [3.05, 3.63) is 29.3 Å². The van der Waals surface area contributed by atoms with Crippen LogP contribution >= 0.6 is 0 Å². The van der Waals surface area contributed by atoms with Gasteiger partial charge < -0.3 is 10.2 Å². The minimum absolute atomic E-state index is 0.0544. The topological polar surface area (TPSA) is 56.1 Å². The van der Waals surface area contributed by atoms with Crippen molar-refractivity contribution in [2.24, 2.45) is 0 Å². The average Bonchev–Trinajstić information content (AvgIpc) is 2.36. The lowest BCUT2D eigenvalue weighted by Crippen LogP contribution is -2.28. The molecule has 4 nitrogen and oxygen atoms in total. The lowest BCUT2D eigenvalue weighted by molar-refractivity contribution is 0.0799. The largest absolute Gasteiger partial charge is 0.385 e. The number of aryl methyl sites for hydroxylation is 1. The van der Waals surface area contributed by atoms with Crippen molar-refractivity contribution in [3.63, 3.8) is 0 Å². The monoisotopic (exact) mass is 245 g/mol. The van der Waals surface area contributed by atoms with Gasteiger partial charge in [0.2, 0.25) is 0 Å². The van der Waals surface area contributed by atoms with Gasteiger partial charge in [-0.05, 0) is 31.5 Å². The van der Waals surface area contributed by atoms with Crippen molar-refractivity contribution in [1.82, 2.24) is 4.90 Å². The molecule has 0 aromatic heterocycles. The molecule has 0 aliphatic carbocycles. The Kier molecular flexibility index (Phi) is 5.19. The Morgan fingerprint density at radius 3 is 2.83 bits per heavy atom. The van der Waals surface area contributed by atoms with Crippen LogP contribution in [0.25, 0.3) is 0 Å². The first-order valence-corrected chi connectivity index (χ1v) is 6.07. The van der Waals surface area contributed by atoms with Crippen molar-refractivity contribution in [3.8, 4) is 6.07 Å². The number of carbonyl (C=O) groups excluding carboxylic acids is 1. The molecule has 0 radical (unpaired) electrons. The van der Waals surface area contributed by atoms with E-state index in [1.165, 1.54) is 0 Å². The van der Waals surface area contributed by atoms with Crippen molar-refractivity contribution >= 4 is 11.6 Å². The van der Waals surface area contributed by atoms with Crippen LogP contribution in [0.4, 0.5) is 5.69 Å². The Morgan fingerprint density at radius 1 is 1.50 bits per heavy atom. The van der Waals surface area contributed by atoms with Gasteiger partial charge in [-0.3, -0.25) is 4.79 Å². The molecule has 0 saturated heterocycles. The lowest BCUT2D eigenvalue weighted by Gasteiger charge is -2.18. The number of anilines is 1. The molecule has 1 rings (SSSR count). The number of rotatable bonds is 5. The molecule has 0 bridgehead atoms. The number of benzene rings is 1. The maximum absolute atomic E-state index is 12.2. The van der Waals surface area contributed by atoms with Gasteiger partial charge in [-0.1, -0.05) is 6.07 Å². The molecule has 0 unspecified atom stereocenters. The highest BCUT2D eigenvalue weighted by Crippen LogP contribution is 2.19. The van der Waals surface area contributed by atoms with Crippen LogP contribution in [0, 0.1) is 18.3 Å². The Hall–Kier alpha value is -2.02. The van der Waals surface area contributed by atoms with Crippen LogP contribution in [0.1, 0.15) is 29.3 Å². The van der Waals surface area contributed by atoms with Gasteiger partial charge in [0, 0.05) is 25.8 Å². The van der Waals surface area contributed by atoms with Crippen LogP contribution in [0.5, 0.6) is 0 Å². The zero-order valence-electron chi connectivity index (χ0n) is 11.2. The highest BCUT2D eigenvalue weighted by molar-refractivity contribution is 5.99. The fourth-order valence-electron chi connectivity index (χ4n) is 1.71. The van der Waals surface area contributed by atoms with Gasteiger partial charge in [0.25, 0.3) is 5.91 Å². The molecule has 4 heteroatoms. The van der Waals surface area contributed by atoms with Crippen LogP contribution in [0.2, 0.25) is 0 Å². The van der Waals surface area contributed by atoms with E-state index in [9.17, 15) is 4.79 Å². The van der Waals surface area contributed by atoms with Gasteiger partial charge in [-0.25, -0.2) is 0 Å². The second-order valence-electron chi connectivity index (χ2n) is 4.21. The normalized spacial score (nSPS) is 9.67. The second-order valence-corrected chi connectivity index (χ2v) is 4.21. The summed E-state index contributed by atoms with van der Waals surface area (Å²) in [5.74, 6) is -0.0544. The highest BCUT2D eigenvalue weighted by Gasteiger charge is 2.15. The van der Waals surface area contributed by atoms with E-state index in [0.29, 0.717) is 18.5 Å². The molecule has 1 N–H and O–H groups in total. The Morgan fingerprint density at radius 2 is 2.22 bits per heavy atom. The van der Waals surface area contributed by atoms with Crippen molar-refractivity contribution in [2.75, 3.05) is 25.5 Å². The smallest absolute Gasteiger partial charge is 0.255 e. The summed E-state index contributed by atoms with van der Waals surface area (Å²) in [4.78, 5) is 13.8. The van der Waals surface area contributed by atoms with Gasteiger partial charge in [-0.2, -0.15) is 5.26 Å². The molecule has 18 heavy (non-hydrogen) atoms. The molecular weight excluding hydrogens is 226 g/mol. The highest BCUT2D eigenvalue weighted by atomic mass is 16.2. The predicted octanol–water partition coefficient (Wildman–Crippen LogP) is 2.41. The molecule has 0 aliphatic heterocycles. The minimum atomic E-state index is -0.0544. The number of nitrogens with zero attached hydrogens (tertiary/aromatic N) is 2. The van der Waals surface area contributed by atoms with E-state index >= 15 is 0 Å². The predicted molar refractivity (Wildman–Crippen MR) is 72.5 cm³/mol. The van der Waals surface area contributed by atoms with Gasteiger partial charge in [0.1, 0.15) is 0 Å². The van der Waals surface area contributed by atoms with E-state index in [0.717, 1.165) is 17.8 Å². The molecule has 1 aromatic carbocycles. The van der Waals surface area contributed by atoms with Crippen LogP contribution in [0.3, 0.4) is 0 Å². The second kappa shape index (κ2) is 6.65. The molecule has 0 heterocycles. The van der Waals surface area contributed by atoms with Crippen LogP contribution in [-0.4, -0.2) is 30.9 Å². The Labute approximate surface area is 108 Å². The standard InChI is InChI=1S/C14H19N3O/c1-4-16-13-10-11(2)6-7-12(13)14(18)17(3)9-5-8-15/h6-7,10,16H,4-5,9H2,1-3H3. The SMILES string of the molecule is CCNc1cc(C)ccc1C(=O)N(C)CCC#N. The maximum atomic E-state index is 12.2. The lowest BCUT2D eigenvalue weighted by atomic mass is 10.1.